The van der Waals surface area contributed by atoms with Crippen molar-refractivity contribution in [2.75, 3.05) is 0 Å². The molecule has 0 saturated heterocycles. The third-order valence-electron chi connectivity index (χ3n) is 3.71. The Bertz CT molecular complexity index is 375. The molecule has 17 heavy (non-hydrogen) atoms. The molecule has 0 amide bonds. The van der Waals surface area contributed by atoms with Gasteiger partial charge in [0.15, 0.2) is 0 Å². The molecule has 0 aliphatic heterocycles. The minimum atomic E-state index is 0.230. The van der Waals surface area contributed by atoms with E-state index in [1.54, 1.807) is 0 Å². The smallest absolute Gasteiger partial charge is 0.0730 e. The van der Waals surface area contributed by atoms with Gasteiger partial charge in [-0.25, -0.2) is 0 Å². The second-order valence-corrected chi connectivity index (χ2v) is 5.23. The van der Waals surface area contributed by atoms with E-state index in [1.165, 1.54) is 29.5 Å². The van der Waals surface area contributed by atoms with Crippen LogP contribution in [0.5, 0.6) is 0 Å². The Kier molecular flexibility index (Phi) is 4.19. The van der Waals surface area contributed by atoms with Crippen LogP contribution >= 0.6 is 0 Å². The van der Waals surface area contributed by atoms with Gasteiger partial charge in [-0.05, 0) is 37.8 Å². The van der Waals surface area contributed by atoms with Crippen LogP contribution in [-0.2, 0) is 11.3 Å². The highest BCUT2D eigenvalue weighted by Gasteiger charge is 2.22. The normalized spacial score (nSPS) is 24.9. The first-order valence-corrected chi connectivity index (χ1v) is 6.60. The number of benzene rings is 1. The highest BCUT2D eigenvalue weighted by molar-refractivity contribution is 5.29. The van der Waals surface area contributed by atoms with Gasteiger partial charge in [0.25, 0.3) is 0 Å². The van der Waals surface area contributed by atoms with Gasteiger partial charge in [-0.15, -0.1) is 0 Å². The molecule has 1 saturated carbocycles. The van der Waals surface area contributed by atoms with Crippen molar-refractivity contribution in [1.82, 2.24) is 0 Å². The monoisotopic (exact) mass is 233 g/mol. The van der Waals surface area contributed by atoms with Crippen LogP contribution in [-0.4, -0.2) is 12.1 Å². The number of ether oxygens (including phenoxy) is 1. The van der Waals surface area contributed by atoms with Gasteiger partial charge in [0.1, 0.15) is 0 Å². The van der Waals surface area contributed by atoms with Crippen molar-refractivity contribution in [3.8, 4) is 0 Å². The van der Waals surface area contributed by atoms with Gasteiger partial charge < -0.3 is 10.5 Å². The molecule has 2 rings (SSSR count). The van der Waals surface area contributed by atoms with Crippen molar-refractivity contribution in [1.29, 1.82) is 0 Å². The van der Waals surface area contributed by atoms with Crippen LogP contribution in [0.15, 0.2) is 18.2 Å². The van der Waals surface area contributed by atoms with Crippen molar-refractivity contribution in [3.63, 3.8) is 0 Å². The van der Waals surface area contributed by atoms with Gasteiger partial charge in [-0.2, -0.15) is 0 Å². The van der Waals surface area contributed by atoms with Crippen molar-refractivity contribution >= 4 is 0 Å². The molecule has 2 heteroatoms. The third-order valence-corrected chi connectivity index (χ3v) is 3.71. The molecular formula is C15H23NO. The first kappa shape index (κ1) is 12.6. The Morgan fingerprint density at radius 3 is 2.76 bits per heavy atom. The summed E-state index contributed by atoms with van der Waals surface area (Å²) in [6.45, 7) is 4.96. The third kappa shape index (κ3) is 3.30. The molecule has 1 aliphatic carbocycles. The molecule has 1 aromatic carbocycles. The van der Waals surface area contributed by atoms with E-state index in [0.717, 1.165) is 12.8 Å². The van der Waals surface area contributed by atoms with Crippen LogP contribution < -0.4 is 5.73 Å². The maximum atomic E-state index is 6.09. The molecule has 0 radical (unpaired) electrons. The quantitative estimate of drug-likeness (QED) is 0.870. The van der Waals surface area contributed by atoms with Crippen molar-refractivity contribution < 1.29 is 4.74 Å². The first-order valence-electron chi connectivity index (χ1n) is 6.60. The zero-order chi connectivity index (χ0) is 12.3. The molecule has 0 bridgehead atoms. The van der Waals surface area contributed by atoms with Crippen molar-refractivity contribution in [3.05, 3.63) is 34.9 Å². The van der Waals surface area contributed by atoms with Gasteiger partial charge in [0.2, 0.25) is 0 Å². The van der Waals surface area contributed by atoms with E-state index < -0.39 is 0 Å². The van der Waals surface area contributed by atoms with E-state index in [0.29, 0.717) is 6.61 Å². The molecule has 0 heterocycles. The molecule has 2 nitrogen and oxygen atoms in total. The Morgan fingerprint density at radius 2 is 2.00 bits per heavy atom. The Morgan fingerprint density at radius 1 is 1.24 bits per heavy atom. The SMILES string of the molecule is Cc1ccc(C)c(COC2CCCCC2N)c1. The lowest BCUT2D eigenvalue weighted by atomic mass is 9.93. The van der Waals surface area contributed by atoms with Crippen LogP contribution in [0.3, 0.4) is 0 Å². The van der Waals surface area contributed by atoms with Gasteiger partial charge >= 0.3 is 0 Å². The summed E-state index contributed by atoms with van der Waals surface area (Å²) >= 11 is 0. The number of aryl methyl sites for hydroxylation is 2. The van der Waals surface area contributed by atoms with E-state index in [2.05, 4.69) is 32.0 Å². The van der Waals surface area contributed by atoms with Crippen LogP contribution in [0, 0.1) is 13.8 Å². The molecule has 0 spiro atoms. The van der Waals surface area contributed by atoms with Crippen molar-refractivity contribution in [2.45, 2.75) is 58.3 Å². The van der Waals surface area contributed by atoms with Crippen LogP contribution in [0.2, 0.25) is 0 Å². The standard InChI is InChI=1S/C15H23NO/c1-11-7-8-12(2)13(9-11)10-17-15-6-4-3-5-14(15)16/h7-9,14-15H,3-6,10,16H2,1-2H3. The number of hydrogen-bond acceptors (Lipinski definition) is 2. The molecule has 2 N–H and O–H groups in total. The fraction of sp³-hybridized carbons (Fsp3) is 0.600. The Balaban J connectivity index is 1.94. The summed E-state index contributed by atoms with van der Waals surface area (Å²) in [5.41, 5.74) is 9.98. The van der Waals surface area contributed by atoms with Gasteiger partial charge in [0.05, 0.1) is 12.7 Å². The van der Waals surface area contributed by atoms with E-state index in [4.69, 9.17) is 10.5 Å². The maximum Gasteiger partial charge on any atom is 0.0730 e. The summed E-state index contributed by atoms with van der Waals surface area (Å²) in [7, 11) is 0. The predicted octanol–water partition coefficient (Wildman–Crippen LogP) is 3.09. The topological polar surface area (TPSA) is 35.2 Å². The highest BCUT2D eigenvalue weighted by Crippen LogP contribution is 2.21. The second-order valence-electron chi connectivity index (χ2n) is 5.23. The van der Waals surface area contributed by atoms with E-state index in [1.807, 2.05) is 0 Å². The lowest BCUT2D eigenvalue weighted by Gasteiger charge is -2.28. The van der Waals surface area contributed by atoms with Gasteiger partial charge in [-0.1, -0.05) is 36.6 Å². The zero-order valence-electron chi connectivity index (χ0n) is 10.9. The average molecular weight is 233 g/mol. The fourth-order valence-electron chi connectivity index (χ4n) is 2.49. The maximum absolute atomic E-state index is 6.09. The largest absolute Gasteiger partial charge is 0.372 e. The lowest BCUT2D eigenvalue weighted by molar-refractivity contribution is 0.00382. The molecule has 0 aromatic heterocycles. The average Bonchev–Trinajstić information content (AvgIpc) is 2.32. The van der Waals surface area contributed by atoms with E-state index in [9.17, 15) is 0 Å². The zero-order valence-corrected chi connectivity index (χ0v) is 10.9. The van der Waals surface area contributed by atoms with Crippen molar-refractivity contribution in [2.24, 2.45) is 5.73 Å². The Hall–Kier alpha value is -0.860. The van der Waals surface area contributed by atoms with Crippen LogP contribution in [0.4, 0.5) is 0 Å². The second kappa shape index (κ2) is 5.65. The summed E-state index contributed by atoms with van der Waals surface area (Å²) < 4.78 is 5.99. The summed E-state index contributed by atoms with van der Waals surface area (Å²) in [6.07, 6.45) is 4.99. The molecule has 1 aliphatic rings. The van der Waals surface area contributed by atoms with Gasteiger partial charge in [0, 0.05) is 6.04 Å². The summed E-state index contributed by atoms with van der Waals surface area (Å²) in [5, 5.41) is 0. The molecule has 2 atom stereocenters. The molecule has 1 fully saturated rings. The summed E-state index contributed by atoms with van der Waals surface area (Å²) in [5.74, 6) is 0. The first-order chi connectivity index (χ1) is 8.16. The minimum absolute atomic E-state index is 0.230. The Labute approximate surface area is 104 Å². The fourth-order valence-corrected chi connectivity index (χ4v) is 2.49. The molecule has 2 unspecified atom stereocenters. The number of rotatable bonds is 3. The van der Waals surface area contributed by atoms with Gasteiger partial charge in [-0.3, -0.25) is 0 Å². The molecular weight excluding hydrogens is 210 g/mol. The molecule has 1 aromatic rings. The van der Waals surface area contributed by atoms with E-state index in [-0.39, 0.29) is 12.1 Å². The van der Waals surface area contributed by atoms with Crippen LogP contribution in [0.25, 0.3) is 0 Å². The number of nitrogens with two attached hydrogens (primary N) is 1. The van der Waals surface area contributed by atoms with Crippen LogP contribution in [0.1, 0.15) is 42.4 Å². The predicted molar refractivity (Wildman–Crippen MR) is 70.9 cm³/mol. The highest BCUT2D eigenvalue weighted by atomic mass is 16.5. The minimum Gasteiger partial charge on any atom is -0.372 e. The number of hydrogen-bond donors (Lipinski definition) is 1. The van der Waals surface area contributed by atoms with E-state index >= 15 is 0 Å². The summed E-state index contributed by atoms with van der Waals surface area (Å²) in [6, 6.07) is 6.75. The molecule has 94 valence electrons. The lowest BCUT2D eigenvalue weighted by Crippen LogP contribution is -2.39. The summed E-state index contributed by atoms with van der Waals surface area (Å²) in [4.78, 5) is 0.